The van der Waals surface area contributed by atoms with Crippen molar-refractivity contribution in [2.24, 2.45) is 7.05 Å². The molecule has 0 aliphatic carbocycles. The zero-order chi connectivity index (χ0) is 23.6. The van der Waals surface area contributed by atoms with E-state index in [2.05, 4.69) is 26.0 Å². The van der Waals surface area contributed by atoms with Gasteiger partial charge in [0.2, 0.25) is 11.8 Å². The third-order valence-corrected chi connectivity index (χ3v) is 4.68. The molecule has 4 rings (SSSR count). The van der Waals surface area contributed by atoms with E-state index in [-0.39, 0.29) is 11.6 Å². The number of alkyl halides is 3. The topological polar surface area (TPSA) is 102 Å². The Hall–Kier alpha value is -4.22. The Bertz CT molecular complexity index is 1280. The van der Waals surface area contributed by atoms with Gasteiger partial charge >= 0.3 is 18.1 Å². The number of carbonyl (C=O) groups is 1. The van der Waals surface area contributed by atoms with E-state index in [9.17, 15) is 18.0 Å². The first-order valence-electron chi connectivity index (χ1n) is 9.74. The summed E-state index contributed by atoms with van der Waals surface area (Å²) in [6.07, 6.45) is -0.233. The summed E-state index contributed by atoms with van der Waals surface area (Å²) in [4.78, 5) is 15.3. The highest BCUT2D eigenvalue weighted by Crippen LogP contribution is 2.28. The molecule has 12 heteroatoms. The Balaban J connectivity index is 1.36. The van der Waals surface area contributed by atoms with Crippen LogP contribution in [0.25, 0.3) is 11.1 Å². The Labute approximate surface area is 185 Å². The summed E-state index contributed by atoms with van der Waals surface area (Å²) in [5, 5.41) is 12.9. The van der Waals surface area contributed by atoms with Crippen LogP contribution in [0.2, 0.25) is 0 Å². The van der Waals surface area contributed by atoms with Crippen LogP contribution in [0.5, 0.6) is 0 Å². The number of urea groups is 1. The van der Waals surface area contributed by atoms with Crippen molar-refractivity contribution in [2.45, 2.75) is 19.6 Å². The van der Waals surface area contributed by atoms with Gasteiger partial charge in [-0.3, -0.25) is 19.5 Å². The maximum atomic E-state index is 12.7. The second-order valence-corrected chi connectivity index (χ2v) is 7.27. The van der Waals surface area contributed by atoms with E-state index in [0.29, 0.717) is 6.54 Å². The van der Waals surface area contributed by atoms with E-state index in [1.54, 1.807) is 4.68 Å². The first-order valence-corrected chi connectivity index (χ1v) is 9.74. The number of hydrogen-bond acceptors (Lipinski definition) is 5. The van der Waals surface area contributed by atoms with Gasteiger partial charge in [0.1, 0.15) is 5.69 Å². The maximum absolute atomic E-state index is 12.7. The predicted molar refractivity (Wildman–Crippen MR) is 111 cm³/mol. The van der Waals surface area contributed by atoms with Gasteiger partial charge in [0.15, 0.2) is 0 Å². The highest BCUT2D eigenvalue weighted by Gasteiger charge is 2.32. The van der Waals surface area contributed by atoms with Gasteiger partial charge in [-0.1, -0.05) is 24.3 Å². The van der Waals surface area contributed by atoms with Crippen molar-refractivity contribution in [1.29, 1.82) is 0 Å². The van der Waals surface area contributed by atoms with Crippen molar-refractivity contribution in [3.05, 3.63) is 71.9 Å². The lowest BCUT2D eigenvalue weighted by Gasteiger charge is -2.08. The fourth-order valence-electron chi connectivity index (χ4n) is 3.21. The van der Waals surface area contributed by atoms with Crippen molar-refractivity contribution >= 4 is 17.6 Å². The van der Waals surface area contributed by atoms with E-state index in [4.69, 9.17) is 4.52 Å². The first kappa shape index (κ1) is 22.0. The molecule has 0 unspecified atom stereocenters. The average Bonchev–Trinajstić information content (AvgIpc) is 3.33. The minimum absolute atomic E-state index is 0.0280. The molecule has 0 aliphatic rings. The number of hydrogen-bond donors (Lipinski definition) is 2. The summed E-state index contributed by atoms with van der Waals surface area (Å²) in [5.41, 5.74) is 2.80. The summed E-state index contributed by atoms with van der Waals surface area (Å²) in [7, 11) is 1.87. The molecule has 0 fully saturated rings. The summed E-state index contributed by atoms with van der Waals surface area (Å²) >= 11 is 0. The molecule has 0 radical (unpaired) electrons. The van der Waals surface area contributed by atoms with Crippen LogP contribution in [0.15, 0.2) is 59.5 Å². The Morgan fingerprint density at radius 2 is 1.94 bits per heavy atom. The number of amides is 2. The number of aromatic nitrogens is 5. The third kappa shape index (κ3) is 5.34. The number of pyridine rings is 1. The molecule has 2 N–H and O–H groups in total. The lowest BCUT2D eigenvalue weighted by atomic mass is 10.1. The van der Waals surface area contributed by atoms with Crippen LogP contribution in [-0.4, -0.2) is 26.1 Å². The fourth-order valence-corrected chi connectivity index (χ4v) is 3.21. The molecular formula is C21H19F3N7O2+. The first-order chi connectivity index (χ1) is 15.7. The van der Waals surface area contributed by atoms with E-state index in [0.717, 1.165) is 34.6 Å². The molecule has 2 amide bonds. The molecule has 0 atom stereocenters. The van der Waals surface area contributed by atoms with E-state index in [1.165, 1.54) is 16.9 Å². The van der Waals surface area contributed by atoms with Crippen molar-refractivity contribution in [1.82, 2.24) is 20.0 Å². The standard InChI is InChI=1S/C21H18F3N7O2/c1-13-17(11-30(2)28-13)15-5-3-14(4-6-15)10-31-12-19(33-29-31)27-20(32)26-16-7-8-25-18(9-16)21(22,23)24/h3-9,11-12H,10H2,1-2H3,(H-,25,26,27,29,32)/p+1. The largest absolute Gasteiger partial charge is 0.433 e. The molecule has 0 aliphatic heterocycles. The van der Waals surface area contributed by atoms with Crippen LogP contribution >= 0.6 is 0 Å². The van der Waals surface area contributed by atoms with Gasteiger partial charge in [-0.25, -0.2) is 4.79 Å². The molecule has 170 valence electrons. The van der Waals surface area contributed by atoms with E-state index < -0.39 is 17.9 Å². The summed E-state index contributed by atoms with van der Waals surface area (Å²) in [6, 6.07) is 9.06. The van der Waals surface area contributed by atoms with Gasteiger partial charge in [0.05, 0.1) is 5.69 Å². The zero-order valence-electron chi connectivity index (χ0n) is 17.6. The van der Waals surface area contributed by atoms with E-state index in [1.807, 2.05) is 44.4 Å². The minimum atomic E-state index is -4.61. The SMILES string of the molecule is Cc1nn(C)cc1-c1ccc(C[n+]2cc(NC(=O)Nc3ccnc(C(F)(F)F)c3)on2)cc1. The van der Waals surface area contributed by atoms with Gasteiger partial charge in [-0.15, -0.1) is 0 Å². The molecule has 9 nitrogen and oxygen atoms in total. The van der Waals surface area contributed by atoms with Gasteiger partial charge in [0.25, 0.3) is 6.20 Å². The predicted octanol–water partition coefficient (Wildman–Crippen LogP) is 3.78. The number of nitrogens with one attached hydrogen (secondary N) is 2. The Morgan fingerprint density at radius 1 is 1.18 bits per heavy atom. The summed E-state index contributed by atoms with van der Waals surface area (Å²) < 4.78 is 46.5. The Morgan fingerprint density at radius 3 is 2.61 bits per heavy atom. The number of carbonyl (C=O) groups excluding carboxylic acids is 1. The quantitative estimate of drug-likeness (QED) is 0.443. The molecule has 33 heavy (non-hydrogen) atoms. The number of aryl methyl sites for hydroxylation is 2. The Kier molecular flexibility index (Phi) is 5.82. The van der Waals surface area contributed by atoms with Crippen molar-refractivity contribution in [3.63, 3.8) is 0 Å². The summed E-state index contributed by atoms with van der Waals surface area (Å²) in [6.45, 7) is 2.33. The monoisotopic (exact) mass is 458 g/mol. The van der Waals surface area contributed by atoms with Crippen LogP contribution in [0.1, 0.15) is 17.0 Å². The van der Waals surface area contributed by atoms with Crippen LogP contribution in [0.3, 0.4) is 0 Å². The molecule has 0 saturated carbocycles. The van der Waals surface area contributed by atoms with Gasteiger partial charge in [-0.05, 0) is 29.3 Å². The van der Waals surface area contributed by atoms with Crippen molar-refractivity contribution in [2.75, 3.05) is 10.6 Å². The van der Waals surface area contributed by atoms with Crippen LogP contribution in [0.4, 0.5) is 29.5 Å². The van der Waals surface area contributed by atoms with Crippen LogP contribution in [0, 0.1) is 6.92 Å². The molecule has 4 aromatic rings. The van der Waals surface area contributed by atoms with Crippen LogP contribution in [-0.2, 0) is 19.8 Å². The number of benzene rings is 1. The molecular weight excluding hydrogens is 439 g/mol. The van der Waals surface area contributed by atoms with Gasteiger partial charge in [-0.2, -0.15) is 18.3 Å². The number of halogens is 3. The lowest BCUT2D eigenvalue weighted by molar-refractivity contribution is -0.754. The van der Waals surface area contributed by atoms with E-state index >= 15 is 0 Å². The zero-order valence-corrected chi connectivity index (χ0v) is 17.6. The molecule has 0 saturated heterocycles. The maximum Gasteiger partial charge on any atom is 0.433 e. The number of rotatable bonds is 5. The molecule has 0 bridgehead atoms. The molecule has 1 aromatic carbocycles. The van der Waals surface area contributed by atoms with Crippen molar-refractivity contribution < 1.29 is 27.2 Å². The molecule has 3 aromatic heterocycles. The second kappa shape index (κ2) is 8.73. The fraction of sp³-hybridized carbons (Fsp3) is 0.190. The number of anilines is 2. The smallest absolute Gasteiger partial charge is 0.308 e. The lowest BCUT2D eigenvalue weighted by Crippen LogP contribution is -2.35. The second-order valence-electron chi connectivity index (χ2n) is 7.27. The highest BCUT2D eigenvalue weighted by molar-refractivity contribution is 5.98. The molecule has 0 spiro atoms. The minimum Gasteiger partial charge on any atom is -0.308 e. The van der Waals surface area contributed by atoms with Crippen LogP contribution < -0.4 is 15.3 Å². The highest BCUT2D eigenvalue weighted by atomic mass is 19.4. The third-order valence-electron chi connectivity index (χ3n) is 4.68. The number of nitrogens with zero attached hydrogens (tertiary/aromatic N) is 5. The average molecular weight is 458 g/mol. The summed E-state index contributed by atoms with van der Waals surface area (Å²) in [5.74, 6) is 0.0280. The molecule has 3 heterocycles. The van der Waals surface area contributed by atoms with Gasteiger partial charge in [0, 0.05) is 36.3 Å². The normalized spacial score (nSPS) is 11.4. The van der Waals surface area contributed by atoms with Crippen molar-refractivity contribution in [3.8, 4) is 11.1 Å². The van der Waals surface area contributed by atoms with Gasteiger partial charge < -0.3 is 5.32 Å².